The van der Waals surface area contributed by atoms with Gasteiger partial charge in [0.05, 0.1) is 0 Å². The zero-order chi connectivity index (χ0) is 13.9. The second kappa shape index (κ2) is 4.07. The predicted octanol–water partition coefficient (Wildman–Crippen LogP) is 3.87. The van der Waals surface area contributed by atoms with Gasteiger partial charge in [-0.2, -0.15) is 0 Å². The lowest BCUT2D eigenvalue weighted by Gasteiger charge is -2.07. The van der Waals surface area contributed by atoms with Gasteiger partial charge in [-0.15, -0.1) is 11.3 Å². The van der Waals surface area contributed by atoms with Gasteiger partial charge in [0.2, 0.25) is 0 Å². The highest BCUT2D eigenvalue weighted by molar-refractivity contribution is 7.08. The normalized spacial score (nSPS) is 15.7. The Morgan fingerprint density at radius 2 is 1.65 bits per heavy atom. The number of hydrogen-bond donors (Lipinski definition) is 0. The molecule has 2 aliphatic rings. The molecule has 0 bridgehead atoms. The van der Waals surface area contributed by atoms with E-state index in [-0.39, 0.29) is 0 Å². The van der Waals surface area contributed by atoms with Crippen LogP contribution in [0.1, 0.15) is 36.1 Å². The zero-order valence-electron chi connectivity index (χ0n) is 11.9. The number of aryl methyl sites for hydroxylation is 1. The van der Waals surface area contributed by atoms with Crippen molar-refractivity contribution in [1.82, 2.24) is 0 Å². The average molecular weight is 276 g/mol. The Morgan fingerprint density at radius 1 is 0.850 bits per heavy atom. The molecule has 0 unspecified atom stereocenters. The lowest BCUT2D eigenvalue weighted by atomic mass is 9.98. The van der Waals surface area contributed by atoms with Crippen LogP contribution in [0.2, 0.25) is 0 Å². The van der Waals surface area contributed by atoms with Gasteiger partial charge in [-0.25, -0.2) is 0 Å². The highest BCUT2D eigenvalue weighted by Gasteiger charge is 2.21. The molecular weight excluding hydrogens is 260 g/mol. The molecule has 1 heteroatoms. The van der Waals surface area contributed by atoms with Crippen LogP contribution >= 0.6 is 11.3 Å². The molecule has 0 atom stereocenters. The summed E-state index contributed by atoms with van der Waals surface area (Å²) in [6.45, 7) is 6.64. The Hall–Kier alpha value is -1.86. The van der Waals surface area contributed by atoms with Crippen LogP contribution in [0, 0.1) is 6.92 Å². The lowest BCUT2D eigenvalue weighted by molar-refractivity contribution is 1.40. The molecule has 0 fully saturated rings. The molecule has 0 spiro atoms. The van der Waals surface area contributed by atoms with Crippen LogP contribution in [0.15, 0.2) is 35.9 Å². The quantitative estimate of drug-likeness (QED) is 0.742. The van der Waals surface area contributed by atoms with Crippen molar-refractivity contribution in [2.24, 2.45) is 0 Å². The van der Waals surface area contributed by atoms with E-state index < -0.39 is 0 Å². The average Bonchev–Trinajstić information content (AvgIpc) is 3.03. The smallest absolute Gasteiger partial charge is 0.0436 e. The molecule has 0 N–H and O–H groups in total. The highest BCUT2D eigenvalue weighted by atomic mass is 32.1. The fourth-order valence-corrected chi connectivity index (χ4v) is 4.56. The van der Waals surface area contributed by atoms with Crippen LogP contribution in [0.3, 0.4) is 0 Å². The Balaban J connectivity index is 2.12. The second-order valence-corrected chi connectivity index (χ2v) is 6.64. The minimum Gasteiger partial charge on any atom is -0.134 e. The first-order valence-corrected chi connectivity index (χ1v) is 7.79. The molecule has 20 heavy (non-hydrogen) atoms. The number of fused-ring (bicyclic) bond motifs is 3. The number of rotatable bonds is 1. The summed E-state index contributed by atoms with van der Waals surface area (Å²) in [4.78, 5) is 0. The third-order valence-corrected chi connectivity index (χ3v) is 5.61. The van der Waals surface area contributed by atoms with Crippen molar-refractivity contribution in [2.75, 3.05) is 0 Å². The van der Waals surface area contributed by atoms with Gasteiger partial charge in [0, 0.05) is 25.8 Å². The molecule has 0 aliphatic heterocycles. The van der Waals surface area contributed by atoms with Crippen molar-refractivity contribution in [1.29, 1.82) is 0 Å². The predicted molar refractivity (Wildman–Crippen MR) is 89.0 cm³/mol. The van der Waals surface area contributed by atoms with Crippen molar-refractivity contribution < 1.29 is 0 Å². The molecule has 2 aliphatic carbocycles. The number of thiophene rings is 1. The topological polar surface area (TPSA) is 0 Å². The lowest BCUT2D eigenvalue weighted by Crippen LogP contribution is -2.03. The summed E-state index contributed by atoms with van der Waals surface area (Å²) in [5.41, 5.74) is 9.79. The standard InChI is InChI=1S/C19H16S/c1-11-6-4-5-7-14(11)17-13(3)10-16-15-9-8-12(2)18(15)20-19(16)17/h4-10H,1-3H3. The Bertz CT molecular complexity index is 917. The molecule has 0 saturated heterocycles. The van der Waals surface area contributed by atoms with Gasteiger partial charge in [-0.3, -0.25) is 0 Å². The van der Waals surface area contributed by atoms with Gasteiger partial charge in [0.15, 0.2) is 0 Å². The Morgan fingerprint density at radius 3 is 2.45 bits per heavy atom. The van der Waals surface area contributed by atoms with Crippen molar-refractivity contribution in [3.63, 3.8) is 0 Å². The Kier molecular flexibility index (Phi) is 2.42. The molecule has 0 radical (unpaired) electrons. The molecular formula is C19H16S. The van der Waals surface area contributed by atoms with Crippen molar-refractivity contribution in [2.45, 2.75) is 20.8 Å². The first-order chi connectivity index (χ1) is 9.66. The molecule has 4 rings (SSSR count). The third kappa shape index (κ3) is 1.47. The number of hydrogen-bond acceptors (Lipinski definition) is 1. The SMILES string of the molecule is CC1=Cc2c3c(sc2=C1c1ccccc1C)=C(C)C=C3. The van der Waals surface area contributed by atoms with Crippen LogP contribution < -0.4 is 9.06 Å². The van der Waals surface area contributed by atoms with E-state index >= 15 is 0 Å². The van der Waals surface area contributed by atoms with E-state index in [1.54, 1.807) is 0 Å². The molecule has 1 heterocycles. The highest BCUT2D eigenvalue weighted by Crippen LogP contribution is 2.31. The summed E-state index contributed by atoms with van der Waals surface area (Å²) in [5.74, 6) is 0. The molecule has 1 aromatic carbocycles. The molecule has 1 aromatic heterocycles. The minimum atomic E-state index is 1.35. The monoisotopic (exact) mass is 276 g/mol. The summed E-state index contributed by atoms with van der Waals surface area (Å²) in [6.07, 6.45) is 6.86. The fraction of sp³-hybridized carbons (Fsp3) is 0.158. The van der Waals surface area contributed by atoms with Gasteiger partial charge < -0.3 is 0 Å². The maximum Gasteiger partial charge on any atom is 0.0436 e. The van der Waals surface area contributed by atoms with E-state index in [1.165, 1.54) is 48.0 Å². The fourth-order valence-electron chi connectivity index (χ4n) is 3.18. The van der Waals surface area contributed by atoms with E-state index in [0.717, 1.165) is 0 Å². The van der Waals surface area contributed by atoms with Crippen LogP contribution in [0.25, 0.3) is 23.3 Å². The molecule has 0 nitrogen and oxygen atoms in total. The maximum absolute atomic E-state index is 2.36. The van der Waals surface area contributed by atoms with Crippen LogP contribution in [0.4, 0.5) is 0 Å². The van der Waals surface area contributed by atoms with E-state index in [2.05, 4.69) is 63.3 Å². The number of benzene rings is 1. The molecule has 0 amide bonds. The van der Waals surface area contributed by atoms with Gasteiger partial charge in [-0.1, -0.05) is 36.4 Å². The Labute approximate surface area is 123 Å². The first-order valence-electron chi connectivity index (χ1n) is 6.97. The van der Waals surface area contributed by atoms with Gasteiger partial charge in [0.25, 0.3) is 0 Å². The maximum atomic E-state index is 2.36. The van der Waals surface area contributed by atoms with E-state index in [0.29, 0.717) is 0 Å². The third-order valence-electron chi connectivity index (χ3n) is 4.24. The molecule has 0 saturated carbocycles. The summed E-state index contributed by atoms with van der Waals surface area (Å²) in [7, 11) is 0. The van der Waals surface area contributed by atoms with Gasteiger partial charge >= 0.3 is 0 Å². The largest absolute Gasteiger partial charge is 0.134 e. The summed E-state index contributed by atoms with van der Waals surface area (Å²) < 4.78 is 2.90. The van der Waals surface area contributed by atoms with E-state index in [9.17, 15) is 0 Å². The van der Waals surface area contributed by atoms with Crippen LogP contribution in [-0.2, 0) is 0 Å². The van der Waals surface area contributed by atoms with Gasteiger partial charge in [-0.05, 0) is 49.1 Å². The van der Waals surface area contributed by atoms with Crippen molar-refractivity contribution in [3.8, 4) is 0 Å². The van der Waals surface area contributed by atoms with Gasteiger partial charge in [0.1, 0.15) is 0 Å². The summed E-state index contributed by atoms with van der Waals surface area (Å²) >= 11 is 1.95. The van der Waals surface area contributed by atoms with Crippen LogP contribution in [0.5, 0.6) is 0 Å². The van der Waals surface area contributed by atoms with Crippen LogP contribution in [-0.4, -0.2) is 0 Å². The zero-order valence-corrected chi connectivity index (χ0v) is 12.8. The minimum absolute atomic E-state index is 1.35. The van der Waals surface area contributed by atoms with E-state index in [4.69, 9.17) is 0 Å². The summed E-state index contributed by atoms with van der Waals surface area (Å²) in [6, 6.07) is 8.70. The van der Waals surface area contributed by atoms with E-state index in [1.807, 2.05) is 11.3 Å². The number of allylic oxidation sites excluding steroid dienone is 2. The molecule has 2 aromatic rings. The van der Waals surface area contributed by atoms with Crippen molar-refractivity contribution >= 4 is 34.6 Å². The first kappa shape index (κ1) is 11.9. The summed E-state index contributed by atoms with van der Waals surface area (Å²) in [5, 5.41) is 0. The molecule has 98 valence electrons. The second-order valence-electron chi connectivity index (χ2n) is 5.62. The van der Waals surface area contributed by atoms with Crippen molar-refractivity contribution in [3.05, 3.63) is 67.2 Å².